The average Bonchev–Trinajstić information content (AvgIpc) is 3.41. The van der Waals surface area contributed by atoms with E-state index in [2.05, 4.69) is 35.6 Å². The number of methoxy groups -OCH3 is 2. The van der Waals surface area contributed by atoms with Crippen LogP contribution in [0.5, 0.6) is 0 Å². The van der Waals surface area contributed by atoms with E-state index < -0.39 is 58.8 Å². The summed E-state index contributed by atoms with van der Waals surface area (Å²) in [5.41, 5.74) is 5.75. The zero-order valence-electron chi connectivity index (χ0n) is 27.7. The summed E-state index contributed by atoms with van der Waals surface area (Å²) in [7, 11) is 2.35. The summed E-state index contributed by atoms with van der Waals surface area (Å²) in [4.78, 5) is 78.4. The van der Waals surface area contributed by atoms with Crippen LogP contribution in [0.1, 0.15) is 19.3 Å². The van der Waals surface area contributed by atoms with Gasteiger partial charge in [-0.15, -0.1) is 0 Å². The van der Waals surface area contributed by atoms with Gasteiger partial charge in [-0.3, -0.25) is 4.79 Å². The molecule has 1 saturated heterocycles. The fourth-order valence-electron chi connectivity index (χ4n) is 5.68. The summed E-state index contributed by atoms with van der Waals surface area (Å²) in [5.74, 6) is -3.52. The minimum atomic E-state index is -3.69. The van der Waals surface area contributed by atoms with Gasteiger partial charge in [0.1, 0.15) is 0 Å². The molecule has 0 bridgehead atoms. The first-order valence-corrected chi connectivity index (χ1v) is 21.2. The molecule has 15 heteroatoms. The van der Waals surface area contributed by atoms with E-state index in [0.717, 1.165) is 27.7 Å². The second-order valence-corrected chi connectivity index (χ2v) is 21.7. The molecule has 4 amide bonds. The van der Waals surface area contributed by atoms with Crippen LogP contribution in [-0.4, -0.2) is 90.6 Å². The predicted octanol–water partition coefficient (Wildman–Crippen LogP) is 1.70. The SMILES string of the molecule is COC(=O)CNC(=O)[C@H](CSC1CC(=O)N(CP(Br)(c2ccccc2)(c2ccccc2)c2ccccc2)C1=O)NC(=O)CC[C@H](N)C(=O)OC. The topological polar surface area (TPSA) is 174 Å². The van der Waals surface area contributed by atoms with Gasteiger partial charge in [0.15, 0.2) is 0 Å². The van der Waals surface area contributed by atoms with Crippen molar-refractivity contribution in [2.75, 3.05) is 32.8 Å². The number of rotatable bonds is 16. The van der Waals surface area contributed by atoms with Gasteiger partial charge in [-0.2, -0.15) is 0 Å². The normalized spacial score (nSPS) is 16.4. The van der Waals surface area contributed by atoms with Crippen molar-refractivity contribution >= 4 is 84.0 Å². The quantitative estimate of drug-likeness (QED) is 0.110. The number of nitrogens with zero attached hydrogens (tertiary/aromatic N) is 1. The van der Waals surface area contributed by atoms with Crippen molar-refractivity contribution in [2.45, 2.75) is 36.6 Å². The van der Waals surface area contributed by atoms with Crippen LogP contribution in [-0.2, 0) is 38.2 Å². The molecule has 50 heavy (non-hydrogen) atoms. The monoisotopic (exact) mass is 786 g/mol. The molecule has 0 aliphatic carbocycles. The van der Waals surface area contributed by atoms with Crippen LogP contribution < -0.4 is 32.3 Å². The van der Waals surface area contributed by atoms with Crippen LogP contribution in [0.4, 0.5) is 0 Å². The van der Waals surface area contributed by atoms with Gasteiger partial charge in [0, 0.05) is 0 Å². The van der Waals surface area contributed by atoms with Gasteiger partial charge in [-0.05, 0) is 0 Å². The number of thioether (sulfide) groups is 1. The Labute approximate surface area is 302 Å². The number of nitrogens with one attached hydrogen (secondary N) is 2. The van der Waals surface area contributed by atoms with Gasteiger partial charge >= 0.3 is 274 Å². The predicted molar refractivity (Wildman–Crippen MR) is 198 cm³/mol. The smallest absolute Gasteiger partial charge is 0.468 e. The molecule has 12 nitrogen and oxygen atoms in total. The number of hydrogen-bond donors (Lipinski definition) is 3. The number of ether oxygens (including phenoxy) is 2. The zero-order valence-corrected chi connectivity index (χ0v) is 31.0. The fourth-order valence-corrected chi connectivity index (χ4v) is 14.3. The maximum absolute atomic E-state index is 14.1. The average molecular weight is 788 g/mol. The molecule has 3 aromatic rings. The summed E-state index contributed by atoms with van der Waals surface area (Å²) < 4.78 is 9.18. The van der Waals surface area contributed by atoms with Crippen molar-refractivity contribution in [3.63, 3.8) is 0 Å². The molecule has 266 valence electrons. The van der Waals surface area contributed by atoms with Crippen molar-refractivity contribution in [1.82, 2.24) is 15.5 Å². The number of halogens is 1. The van der Waals surface area contributed by atoms with Gasteiger partial charge in [0.05, 0.1) is 14.2 Å². The van der Waals surface area contributed by atoms with Crippen molar-refractivity contribution < 1.29 is 38.2 Å². The molecule has 3 aromatic carbocycles. The van der Waals surface area contributed by atoms with Gasteiger partial charge in [-0.25, -0.2) is 0 Å². The molecule has 1 aliphatic rings. The number of likely N-dealkylation sites (tertiary alicyclic amines) is 1. The zero-order chi connectivity index (χ0) is 36.3. The number of imide groups is 1. The van der Waals surface area contributed by atoms with E-state index in [0.29, 0.717) is 0 Å². The number of carbonyl (C=O) groups excluding carboxylic acids is 6. The Hall–Kier alpha value is -4.10. The van der Waals surface area contributed by atoms with Gasteiger partial charge in [-0.1, -0.05) is 0 Å². The Morgan fingerprint density at radius 1 is 0.900 bits per heavy atom. The molecule has 1 fully saturated rings. The first-order chi connectivity index (χ1) is 23.9. The summed E-state index contributed by atoms with van der Waals surface area (Å²) in [6.07, 6.45) is -0.277. The number of benzene rings is 3. The number of hydrogen-bond acceptors (Lipinski definition) is 10. The van der Waals surface area contributed by atoms with E-state index in [1.807, 2.05) is 91.0 Å². The molecule has 4 N–H and O–H groups in total. The van der Waals surface area contributed by atoms with Crippen molar-refractivity contribution in [2.24, 2.45) is 5.73 Å². The molecule has 0 aromatic heterocycles. The first kappa shape index (κ1) is 38.7. The molecule has 0 spiro atoms. The molecule has 1 aliphatic heterocycles. The van der Waals surface area contributed by atoms with Gasteiger partial charge < -0.3 is 10.5 Å². The number of nitrogens with two attached hydrogens (primary N) is 1. The van der Waals surface area contributed by atoms with Crippen molar-refractivity contribution in [3.05, 3.63) is 91.0 Å². The third kappa shape index (κ3) is 8.60. The molecular formula is C35H40BrN4O8PS. The number of amides is 4. The molecule has 1 unspecified atom stereocenters. The molecule has 0 radical (unpaired) electrons. The van der Waals surface area contributed by atoms with Crippen LogP contribution in [0.2, 0.25) is 0 Å². The summed E-state index contributed by atoms with van der Waals surface area (Å²) in [6, 6.07) is 27.1. The van der Waals surface area contributed by atoms with Crippen LogP contribution in [0.3, 0.4) is 0 Å². The Balaban J connectivity index is 1.59. The van der Waals surface area contributed by atoms with Crippen LogP contribution in [0.25, 0.3) is 0 Å². The summed E-state index contributed by atoms with van der Waals surface area (Å²) >= 11 is 5.35. The van der Waals surface area contributed by atoms with E-state index >= 15 is 0 Å². The summed E-state index contributed by atoms with van der Waals surface area (Å²) in [5, 5.41) is 3.30. The van der Waals surface area contributed by atoms with Crippen LogP contribution in [0.15, 0.2) is 91.0 Å². The second kappa shape index (κ2) is 17.2. The van der Waals surface area contributed by atoms with E-state index in [-0.39, 0.29) is 37.2 Å². The van der Waals surface area contributed by atoms with Gasteiger partial charge in [0.25, 0.3) is 0 Å². The molecule has 1 heterocycles. The second-order valence-electron chi connectivity index (χ2n) is 11.6. The van der Waals surface area contributed by atoms with Crippen LogP contribution >= 0.6 is 32.6 Å². The molecular weight excluding hydrogens is 747 g/mol. The van der Waals surface area contributed by atoms with Crippen molar-refractivity contribution in [1.29, 1.82) is 0 Å². The Morgan fingerprint density at radius 2 is 1.42 bits per heavy atom. The molecule has 3 atom stereocenters. The van der Waals surface area contributed by atoms with Crippen LogP contribution in [0, 0.1) is 0 Å². The molecule has 0 saturated carbocycles. The number of esters is 2. The third-order valence-electron chi connectivity index (χ3n) is 8.43. The Kier molecular flexibility index (Phi) is 13.3. The van der Waals surface area contributed by atoms with Gasteiger partial charge in [0.2, 0.25) is 0 Å². The maximum atomic E-state index is 14.1. The summed E-state index contributed by atoms with van der Waals surface area (Å²) in [6.45, 7) is -0.439. The van der Waals surface area contributed by atoms with E-state index in [4.69, 9.17) is 5.73 Å². The number of carbonyl (C=O) groups is 6. The van der Waals surface area contributed by atoms with E-state index in [9.17, 15) is 28.8 Å². The Morgan fingerprint density at radius 3 is 1.90 bits per heavy atom. The van der Waals surface area contributed by atoms with E-state index in [1.54, 1.807) is 0 Å². The minimum absolute atomic E-state index is 0.0322. The fraction of sp³-hybridized carbons (Fsp3) is 0.314. The standard InChI is InChI=1S/C35H40BrN4O8PS/c1-47-32(43)21-38-33(44)28(39-30(41)19-18-27(37)35(46)48-2)22-50-29-20-31(42)40(34(29)45)23-49(36,24-12-6-3-7-13-24,25-14-8-4-9-15-25)26-16-10-5-11-17-26/h3-17,27-29H,18-23,37H2,1-2H3,(H,38,44)(H,39,41)/t27-,28-,29?/m0/s1. The third-order valence-corrected chi connectivity index (χ3v) is 19.0. The Bertz CT molecular complexity index is 1600. The molecule has 4 rings (SSSR count). The van der Waals surface area contributed by atoms with E-state index in [1.165, 1.54) is 19.1 Å². The van der Waals surface area contributed by atoms with Crippen molar-refractivity contribution in [3.8, 4) is 0 Å². The minimum Gasteiger partial charge on any atom is -0.468 e. The first-order valence-electron chi connectivity index (χ1n) is 15.8.